The molecule has 0 bridgehead atoms. The Bertz CT molecular complexity index is 565. The molecule has 2 atom stereocenters. The van der Waals surface area contributed by atoms with E-state index in [1.54, 1.807) is 0 Å². The Hall–Kier alpha value is -1.62. The number of amides is 2. The normalized spacial score (nSPS) is 20.4. The second-order valence-corrected chi connectivity index (χ2v) is 5.74. The van der Waals surface area contributed by atoms with Crippen molar-refractivity contribution in [3.8, 4) is 0 Å². The average molecular weight is 313 g/mol. The molecule has 1 heterocycles. The molecule has 1 aliphatic rings. The molecule has 1 aliphatic heterocycles. The van der Waals surface area contributed by atoms with Crippen LogP contribution in [-0.4, -0.2) is 29.3 Å². The summed E-state index contributed by atoms with van der Waals surface area (Å²) in [4.78, 5) is 25.6. The molecule has 1 N–H and O–H groups in total. The minimum atomic E-state index is -0.574. The number of carbonyl (C=O) groups excluding carboxylic acids is 2. The zero-order chi connectivity index (χ0) is 15.6. The van der Waals surface area contributed by atoms with Gasteiger partial charge in [0.25, 0.3) is 0 Å². The highest BCUT2D eigenvalue weighted by Crippen LogP contribution is 2.23. The summed E-state index contributed by atoms with van der Waals surface area (Å²) in [7, 11) is 0. The van der Waals surface area contributed by atoms with Crippen molar-refractivity contribution >= 4 is 23.4 Å². The molecule has 1 fully saturated rings. The minimum absolute atomic E-state index is 0.00324. The summed E-state index contributed by atoms with van der Waals surface area (Å²) in [5.41, 5.74) is 0.318. The first-order chi connectivity index (χ1) is 9.93. The molecule has 6 heteroatoms. The Kier molecular flexibility index (Phi) is 4.83. The number of benzene rings is 1. The number of nitrogens with zero attached hydrogens (tertiary/aromatic N) is 1. The van der Waals surface area contributed by atoms with Crippen LogP contribution in [0.1, 0.15) is 25.8 Å². The minimum Gasteiger partial charge on any atom is -0.345 e. The van der Waals surface area contributed by atoms with Crippen molar-refractivity contribution in [3.63, 3.8) is 0 Å². The first-order valence-corrected chi connectivity index (χ1v) is 7.33. The van der Waals surface area contributed by atoms with Crippen molar-refractivity contribution in [1.82, 2.24) is 10.2 Å². The number of hydrogen-bond donors (Lipinski definition) is 1. The van der Waals surface area contributed by atoms with Gasteiger partial charge >= 0.3 is 0 Å². The van der Waals surface area contributed by atoms with E-state index in [9.17, 15) is 14.0 Å². The van der Waals surface area contributed by atoms with Crippen LogP contribution < -0.4 is 5.32 Å². The largest absolute Gasteiger partial charge is 0.345 e. The molecule has 0 radical (unpaired) electrons. The molecule has 0 spiro atoms. The molecule has 1 aromatic rings. The lowest BCUT2D eigenvalue weighted by Crippen LogP contribution is -2.60. The average Bonchev–Trinajstić information content (AvgIpc) is 2.46. The molecule has 2 amide bonds. The monoisotopic (exact) mass is 312 g/mol. The van der Waals surface area contributed by atoms with Gasteiger partial charge in [0.05, 0.1) is 6.54 Å². The number of carbonyl (C=O) groups is 2. The van der Waals surface area contributed by atoms with E-state index < -0.39 is 11.9 Å². The molecule has 0 aliphatic carbocycles. The third-order valence-corrected chi connectivity index (χ3v) is 4.11. The summed E-state index contributed by atoms with van der Waals surface area (Å²) >= 11 is 5.88. The van der Waals surface area contributed by atoms with E-state index in [1.165, 1.54) is 23.1 Å². The zero-order valence-electron chi connectivity index (χ0n) is 12.0. The molecule has 1 saturated heterocycles. The van der Waals surface area contributed by atoms with Crippen LogP contribution in [0.4, 0.5) is 4.39 Å². The van der Waals surface area contributed by atoms with Gasteiger partial charge in [0, 0.05) is 17.1 Å². The fraction of sp³-hybridized carbons (Fsp3) is 0.467. The predicted molar refractivity (Wildman–Crippen MR) is 78.2 cm³/mol. The van der Waals surface area contributed by atoms with Crippen molar-refractivity contribution in [2.75, 3.05) is 6.54 Å². The van der Waals surface area contributed by atoms with E-state index in [0.717, 1.165) is 6.42 Å². The van der Waals surface area contributed by atoms with Crippen molar-refractivity contribution in [2.45, 2.75) is 32.9 Å². The van der Waals surface area contributed by atoms with Gasteiger partial charge in [-0.3, -0.25) is 9.59 Å². The van der Waals surface area contributed by atoms with Gasteiger partial charge in [-0.1, -0.05) is 31.9 Å². The molecular formula is C15H18ClFN2O2. The van der Waals surface area contributed by atoms with E-state index in [2.05, 4.69) is 5.32 Å². The second kappa shape index (κ2) is 6.43. The smallest absolute Gasteiger partial charge is 0.243 e. The van der Waals surface area contributed by atoms with Crippen molar-refractivity contribution in [2.24, 2.45) is 5.92 Å². The van der Waals surface area contributed by atoms with E-state index in [1.807, 2.05) is 13.8 Å². The highest BCUT2D eigenvalue weighted by Gasteiger charge is 2.37. The van der Waals surface area contributed by atoms with E-state index in [-0.39, 0.29) is 30.8 Å². The topological polar surface area (TPSA) is 49.4 Å². The van der Waals surface area contributed by atoms with Gasteiger partial charge < -0.3 is 10.2 Å². The lowest BCUT2D eigenvalue weighted by atomic mass is 9.94. The van der Waals surface area contributed by atoms with Crippen LogP contribution in [0.15, 0.2) is 18.2 Å². The van der Waals surface area contributed by atoms with Crippen LogP contribution in [0.25, 0.3) is 0 Å². The van der Waals surface area contributed by atoms with Gasteiger partial charge in [-0.25, -0.2) is 4.39 Å². The van der Waals surface area contributed by atoms with Gasteiger partial charge in [-0.15, -0.1) is 0 Å². The summed E-state index contributed by atoms with van der Waals surface area (Å²) < 4.78 is 13.9. The maximum Gasteiger partial charge on any atom is 0.243 e. The lowest BCUT2D eigenvalue weighted by molar-refractivity contribution is -0.148. The summed E-state index contributed by atoms with van der Waals surface area (Å²) in [6.45, 7) is 3.86. The van der Waals surface area contributed by atoms with Crippen LogP contribution in [0, 0.1) is 11.7 Å². The Labute approximate surface area is 128 Å². The number of nitrogens with one attached hydrogen (secondary N) is 1. The molecule has 0 saturated carbocycles. The summed E-state index contributed by atoms with van der Waals surface area (Å²) in [5, 5.41) is 2.99. The number of hydrogen-bond acceptors (Lipinski definition) is 2. The number of rotatable bonds is 4. The van der Waals surface area contributed by atoms with Crippen molar-refractivity contribution in [3.05, 3.63) is 34.6 Å². The number of halogens is 2. The van der Waals surface area contributed by atoms with Crippen LogP contribution >= 0.6 is 11.6 Å². The van der Waals surface area contributed by atoms with Gasteiger partial charge in [0.15, 0.2) is 0 Å². The first kappa shape index (κ1) is 15.8. The van der Waals surface area contributed by atoms with Gasteiger partial charge in [0.1, 0.15) is 11.9 Å². The van der Waals surface area contributed by atoms with Crippen LogP contribution in [0.2, 0.25) is 5.02 Å². The highest BCUT2D eigenvalue weighted by atomic mass is 35.5. The van der Waals surface area contributed by atoms with Crippen LogP contribution in [-0.2, 0) is 16.1 Å². The maximum atomic E-state index is 13.9. The predicted octanol–water partition coefficient (Wildman–Crippen LogP) is 2.35. The standard InChI is InChI=1S/C15H18ClFN2O2/c1-3-9(2)14-15(21)18-7-13(20)19(14)8-10-6-11(16)4-5-12(10)17/h4-6,9,14H,3,7-8H2,1-2H3,(H,18,21). The van der Waals surface area contributed by atoms with E-state index in [4.69, 9.17) is 11.6 Å². The van der Waals surface area contributed by atoms with E-state index >= 15 is 0 Å². The molecular weight excluding hydrogens is 295 g/mol. The third kappa shape index (κ3) is 3.35. The molecule has 2 unspecified atom stereocenters. The van der Waals surface area contributed by atoms with Crippen molar-refractivity contribution < 1.29 is 14.0 Å². The molecule has 0 aromatic heterocycles. The molecule has 114 valence electrons. The van der Waals surface area contributed by atoms with Crippen LogP contribution in [0.5, 0.6) is 0 Å². The summed E-state index contributed by atoms with van der Waals surface area (Å²) in [6, 6.07) is 3.64. The fourth-order valence-corrected chi connectivity index (χ4v) is 2.68. The third-order valence-electron chi connectivity index (χ3n) is 3.87. The lowest BCUT2D eigenvalue weighted by Gasteiger charge is -2.38. The number of piperazine rings is 1. The van der Waals surface area contributed by atoms with Gasteiger partial charge in [-0.2, -0.15) is 0 Å². The Morgan fingerprint density at radius 1 is 1.48 bits per heavy atom. The van der Waals surface area contributed by atoms with E-state index in [0.29, 0.717) is 10.6 Å². The van der Waals surface area contributed by atoms with Crippen LogP contribution in [0.3, 0.4) is 0 Å². The summed E-state index contributed by atoms with van der Waals surface area (Å²) in [5.74, 6) is -0.830. The summed E-state index contributed by atoms with van der Waals surface area (Å²) in [6.07, 6.45) is 0.750. The Balaban J connectivity index is 2.30. The highest BCUT2D eigenvalue weighted by molar-refractivity contribution is 6.30. The Morgan fingerprint density at radius 3 is 2.86 bits per heavy atom. The quantitative estimate of drug-likeness (QED) is 0.928. The molecule has 4 nitrogen and oxygen atoms in total. The van der Waals surface area contributed by atoms with Crippen molar-refractivity contribution in [1.29, 1.82) is 0 Å². The Morgan fingerprint density at radius 2 is 2.19 bits per heavy atom. The molecule has 1 aromatic carbocycles. The maximum absolute atomic E-state index is 13.9. The van der Waals surface area contributed by atoms with Gasteiger partial charge in [0.2, 0.25) is 11.8 Å². The second-order valence-electron chi connectivity index (χ2n) is 5.31. The molecule has 21 heavy (non-hydrogen) atoms. The fourth-order valence-electron chi connectivity index (χ4n) is 2.49. The first-order valence-electron chi connectivity index (χ1n) is 6.95. The van der Waals surface area contributed by atoms with Gasteiger partial charge in [-0.05, 0) is 24.1 Å². The molecule has 2 rings (SSSR count). The zero-order valence-corrected chi connectivity index (χ0v) is 12.8. The SMILES string of the molecule is CCC(C)C1C(=O)NCC(=O)N1Cc1cc(Cl)ccc1F.